The van der Waals surface area contributed by atoms with Crippen LogP contribution in [0.2, 0.25) is 0 Å². The summed E-state index contributed by atoms with van der Waals surface area (Å²) in [6.07, 6.45) is 2.21. The molecule has 2 heterocycles. The summed E-state index contributed by atoms with van der Waals surface area (Å²) in [6.45, 7) is 7.33. The number of hydrogen-bond acceptors (Lipinski definition) is 12. The van der Waals surface area contributed by atoms with Crippen LogP contribution in [0.4, 0.5) is 11.5 Å². The molecule has 0 bridgehead atoms. The number of unbranched alkanes of at least 4 members (excludes halogenated alkanes) is 1. The average Bonchev–Trinajstić information content (AvgIpc) is 3.70. The second-order valence-electron chi connectivity index (χ2n) is 13.4. The number of aliphatic hydroxyl groups is 1. The fraction of sp³-hybridized carbons (Fsp3) is 0.439. The quantitative estimate of drug-likeness (QED) is 0.0448. The van der Waals surface area contributed by atoms with Crippen LogP contribution in [-0.4, -0.2) is 77.5 Å². The molecule has 1 saturated heterocycles. The van der Waals surface area contributed by atoms with E-state index in [0.717, 1.165) is 48.3 Å². The number of carbonyl (C=O) groups is 1. The first-order valence-electron chi connectivity index (χ1n) is 18.6. The molecule has 13 heteroatoms. The van der Waals surface area contributed by atoms with Crippen LogP contribution in [0.3, 0.4) is 0 Å². The Kier molecular flexibility index (Phi) is 14.6. The highest BCUT2D eigenvalue weighted by molar-refractivity contribution is 5.76. The van der Waals surface area contributed by atoms with Gasteiger partial charge in [0.25, 0.3) is 0 Å². The Balaban J connectivity index is 1.64. The molecule has 0 spiro atoms. The SMILES string of the molecule is CCCCOc1nc(C(Cc2ccc(CN3CCCC3)cc2)C(O)C(=O)OCC)c([N+](=O)[O-])c(N(Cc2ccc(OC)cc2)Cc2ccc(OC)cc2)n1. The molecule has 5 rings (SSSR count). The van der Waals surface area contributed by atoms with Crippen LogP contribution in [-0.2, 0) is 35.6 Å². The minimum Gasteiger partial charge on any atom is -0.497 e. The van der Waals surface area contributed by atoms with Crippen molar-refractivity contribution >= 4 is 17.5 Å². The van der Waals surface area contributed by atoms with E-state index in [0.29, 0.717) is 17.9 Å². The molecule has 0 amide bonds. The van der Waals surface area contributed by atoms with E-state index in [-0.39, 0.29) is 50.2 Å². The van der Waals surface area contributed by atoms with Gasteiger partial charge < -0.3 is 29.0 Å². The minimum absolute atomic E-state index is 0.00912. The maximum absolute atomic E-state index is 13.3. The van der Waals surface area contributed by atoms with E-state index >= 15 is 0 Å². The van der Waals surface area contributed by atoms with Crippen molar-refractivity contribution in [2.45, 2.75) is 77.6 Å². The number of nitro groups is 1. The van der Waals surface area contributed by atoms with Crippen LogP contribution in [0.15, 0.2) is 72.8 Å². The van der Waals surface area contributed by atoms with Gasteiger partial charge in [0.1, 0.15) is 17.2 Å². The van der Waals surface area contributed by atoms with Gasteiger partial charge in [-0.3, -0.25) is 15.0 Å². The summed E-state index contributed by atoms with van der Waals surface area (Å²) in [6, 6.07) is 22.6. The molecule has 1 N–H and O–H groups in total. The first kappa shape index (κ1) is 39.9. The molecule has 1 aromatic heterocycles. The van der Waals surface area contributed by atoms with Crippen LogP contribution in [0.5, 0.6) is 17.5 Å². The van der Waals surface area contributed by atoms with Gasteiger partial charge in [-0.25, -0.2) is 4.79 Å². The topological polar surface area (TPSA) is 150 Å². The van der Waals surface area contributed by atoms with Crippen LogP contribution in [0, 0.1) is 10.1 Å². The van der Waals surface area contributed by atoms with Crippen LogP contribution in [0.25, 0.3) is 0 Å². The number of carbonyl (C=O) groups excluding carboxylic acids is 1. The molecule has 1 aliphatic rings. The first-order valence-corrected chi connectivity index (χ1v) is 18.6. The zero-order valence-electron chi connectivity index (χ0n) is 31.6. The summed E-state index contributed by atoms with van der Waals surface area (Å²) in [5.74, 6) is -0.744. The van der Waals surface area contributed by atoms with Gasteiger partial charge in [0.2, 0.25) is 5.82 Å². The molecule has 54 heavy (non-hydrogen) atoms. The fourth-order valence-electron chi connectivity index (χ4n) is 6.56. The van der Waals surface area contributed by atoms with Crippen molar-refractivity contribution in [3.05, 3.63) is 111 Å². The summed E-state index contributed by atoms with van der Waals surface area (Å²) < 4.78 is 22.0. The lowest BCUT2D eigenvalue weighted by Crippen LogP contribution is -2.33. The third-order valence-corrected chi connectivity index (χ3v) is 9.49. The zero-order valence-corrected chi connectivity index (χ0v) is 31.6. The molecular formula is C41H51N5O8. The number of benzene rings is 3. The van der Waals surface area contributed by atoms with E-state index in [1.165, 1.54) is 12.8 Å². The lowest BCUT2D eigenvalue weighted by molar-refractivity contribution is -0.385. The highest BCUT2D eigenvalue weighted by Gasteiger charge is 2.39. The van der Waals surface area contributed by atoms with E-state index in [2.05, 4.69) is 14.9 Å². The fourth-order valence-corrected chi connectivity index (χ4v) is 6.56. The van der Waals surface area contributed by atoms with Crippen molar-refractivity contribution in [1.29, 1.82) is 0 Å². The smallest absolute Gasteiger partial charge is 0.335 e. The summed E-state index contributed by atoms with van der Waals surface area (Å²) in [5.41, 5.74) is 3.03. The van der Waals surface area contributed by atoms with Crippen molar-refractivity contribution in [3.8, 4) is 17.5 Å². The van der Waals surface area contributed by atoms with Crippen LogP contribution >= 0.6 is 0 Å². The summed E-state index contributed by atoms with van der Waals surface area (Å²) >= 11 is 0. The van der Waals surface area contributed by atoms with Gasteiger partial charge in [-0.05, 0) is 92.2 Å². The maximum Gasteiger partial charge on any atom is 0.335 e. The second-order valence-corrected chi connectivity index (χ2v) is 13.4. The zero-order chi connectivity index (χ0) is 38.5. The molecule has 2 unspecified atom stereocenters. The third kappa shape index (κ3) is 10.7. The van der Waals surface area contributed by atoms with Gasteiger partial charge >= 0.3 is 17.7 Å². The molecule has 3 aromatic carbocycles. The van der Waals surface area contributed by atoms with Crippen LogP contribution in [0.1, 0.15) is 73.4 Å². The Morgan fingerprint density at radius 1 is 0.870 bits per heavy atom. The van der Waals surface area contributed by atoms with E-state index in [4.69, 9.17) is 18.9 Å². The standard InChI is InChI=1S/C41H51N5O8/c1-5-7-24-54-41-42-36(35(38(47)40(48)53-6-2)25-29-10-12-30(13-11-29)26-44-22-8-9-23-44)37(46(49)50)39(43-41)45(27-31-14-18-33(51-3)19-15-31)28-32-16-20-34(52-4)21-17-32/h10-21,35,38,47H,5-9,22-28H2,1-4H3. The van der Waals surface area contributed by atoms with Crippen molar-refractivity contribution in [2.75, 3.05) is 45.4 Å². The molecule has 2 atom stereocenters. The Bertz CT molecular complexity index is 1750. The summed E-state index contributed by atoms with van der Waals surface area (Å²) in [4.78, 5) is 39.4. The number of anilines is 1. The summed E-state index contributed by atoms with van der Waals surface area (Å²) in [7, 11) is 3.17. The van der Waals surface area contributed by atoms with Gasteiger partial charge in [-0.2, -0.15) is 9.97 Å². The Hall–Kier alpha value is -5.27. The molecular weight excluding hydrogens is 690 g/mol. The van der Waals surface area contributed by atoms with E-state index < -0.39 is 28.6 Å². The van der Waals surface area contributed by atoms with Crippen molar-refractivity contribution in [3.63, 3.8) is 0 Å². The Labute approximate surface area is 317 Å². The largest absolute Gasteiger partial charge is 0.497 e. The highest BCUT2D eigenvalue weighted by atomic mass is 16.6. The molecule has 13 nitrogen and oxygen atoms in total. The van der Waals surface area contributed by atoms with E-state index in [1.807, 2.05) is 79.7 Å². The van der Waals surface area contributed by atoms with Gasteiger partial charge in [0.05, 0.1) is 32.4 Å². The predicted octanol–water partition coefficient (Wildman–Crippen LogP) is 6.63. The molecule has 288 valence electrons. The number of aliphatic hydroxyl groups excluding tert-OH is 1. The number of methoxy groups -OCH3 is 2. The normalized spacial score (nSPS) is 13.9. The lowest BCUT2D eigenvalue weighted by atomic mass is 9.89. The number of nitrogens with zero attached hydrogens (tertiary/aromatic N) is 5. The Morgan fingerprint density at radius 2 is 1.43 bits per heavy atom. The maximum atomic E-state index is 13.3. The summed E-state index contributed by atoms with van der Waals surface area (Å²) in [5, 5.41) is 24.9. The molecule has 1 aliphatic heterocycles. The van der Waals surface area contributed by atoms with Crippen molar-refractivity contribution in [1.82, 2.24) is 14.9 Å². The minimum atomic E-state index is -1.77. The first-order chi connectivity index (χ1) is 26.2. The van der Waals surface area contributed by atoms with Gasteiger partial charge in [0, 0.05) is 25.6 Å². The molecule has 0 aliphatic carbocycles. The monoisotopic (exact) mass is 741 g/mol. The molecule has 0 radical (unpaired) electrons. The van der Waals surface area contributed by atoms with Gasteiger partial charge in [-0.15, -0.1) is 0 Å². The van der Waals surface area contributed by atoms with Crippen molar-refractivity contribution in [2.24, 2.45) is 0 Å². The second kappa shape index (κ2) is 19.7. The highest BCUT2D eigenvalue weighted by Crippen LogP contribution is 2.40. The Morgan fingerprint density at radius 3 is 1.94 bits per heavy atom. The number of aromatic nitrogens is 2. The predicted molar refractivity (Wildman–Crippen MR) is 205 cm³/mol. The van der Waals surface area contributed by atoms with Crippen LogP contribution < -0.4 is 19.1 Å². The van der Waals surface area contributed by atoms with Gasteiger partial charge in [-0.1, -0.05) is 61.9 Å². The number of hydrogen-bond donors (Lipinski definition) is 1. The number of esters is 1. The lowest BCUT2D eigenvalue weighted by Gasteiger charge is -2.27. The molecule has 4 aromatic rings. The van der Waals surface area contributed by atoms with Gasteiger partial charge in [0.15, 0.2) is 6.10 Å². The van der Waals surface area contributed by atoms with Crippen molar-refractivity contribution < 1.29 is 33.8 Å². The number of ether oxygens (including phenoxy) is 4. The number of likely N-dealkylation sites (tertiary alicyclic amines) is 1. The van der Waals surface area contributed by atoms with E-state index in [9.17, 15) is 20.0 Å². The average molecular weight is 742 g/mol. The molecule has 1 fully saturated rings. The van der Waals surface area contributed by atoms with E-state index in [1.54, 1.807) is 26.0 Å². The third-order valence-electron chi connectivity index (χ3n) is 9.49. The number of rotatable bonds is 20. The molecule has 0 saturated carbocycles.